The van der Waals surface area contributed by atoms with Crippen molar-refractivity contribution in [1.29, 1.82) is 0 Å². The molecular weight excluding hydrogens is 394 g/mol. The number of rotatable bonds is 6. The predicted molar refractivity (Wildman–Crippen MR) is 124 cm³/mol. The maximum atomic E-state index is 12.4. The summed E-state index contributed by atoms with van der Waals surface area (Å²) in [6, 6.07) is 20.0. The fourth-order valence-electron chi connectivity index (χ4n) is 3.00. The van der Waals surface area contributed by atoms with Crippen molar-refractivity contribution in [1.82, 2.24) is 10.5 Å². The summed E-state index contributed by atoms with van der Waals surface area (Å²) in [5.74, 6) is -0.550. The van der Waals surface area contributed by atoms with Crippen molar-refractivity contribution in [2.24, 2.45) is 0 Å². The molecule has 0 unspecified atom stereocenters. The molecule has 0 radical (unpaired) electrons. The molecular formula is C24H29N3O2S. The van der Waals surface area contributed by atoms with Crippen LogP contribution in [0.15, 0.2) is 65.6 Å². The van der Waals surface area contributed by atoms with Gasteiger partial charge in [0.25, 0.3) is 5.91 Å². The van der Waals surface area contributed by atoms with Crippen molar-refractivity contribution < 1.29 is 10.0 Å². The fraction of sp³-hybridized carbons (Fsp3) is 0.250. The number of aromatic nitrogens is 1. The van der Waals surface area contributed by atoms with Crippen LogP contribution in [0, 0.1) is 20.8 Å². The van der Waals surface area contributed by atoms with Crippen LogP contribution in [0.25, 0.3) is 0 Å². The molecule has 2 aromatic carbocycles. The van der Waals surface area contributed by atoms with Gasteiger partial charge in [-0.3, -0.25) is 15.0 Å². The van der Waals surface area contributed by atoms with Gasteiger partial charge < -0.3 is 4.31 Å². The second-order valence-corrected chi connectivity index (χ2v) is 7.71. The van der Waals surface area contributed by atoms with E-state index >= 15 is 0 Å². The van der Waals surface area contributed by atoms with Gasteiger partial charge in [-0.25, -0.2) is 5.48 Å². The normalized spacial score (nSPS) is 10.1. The summed E-state index contributed by atoms with van der Waals surface area (Å²) in [5, 5.41) is 9.24. The van der Waals surface area contributed by atoms with Crippen LogP contribution >= 0.6 is 11.9 Å². The highest BCUT2D eigenvalue weighted by Crippen LogP contribution is 2.35. The molecule has 0 bridgehead atoms. The molecule has 1 heterocycles. The highest BCUT2D eigenvalue weighted by Gasteiger charge is 2.22. The van der Waals surface area contributed by atoms with Gasteiger partial charge >= 0.3 is 0 Å². The van der Waals surface area contributed by atoms with Crippen molar-refractivity contribution in [2.45, 2.75) is 46.1 Å². The van der Waals surface area contributed by atoms with Crippen molar-refractivity contribution in [3.05, 3.63) is 88.7 Å². The van der Waals surface area contributed by atoms with Crippen LogP contribution in [0.4, 0.5) is 5.69 Å². The topological polar surface area (TPSA) is 65.5 Å². The Labute approximate surface area is 183 Å². The fourth-order valence-corrected chi connectivity index (χ4v) is 4.05. The van der Waals surface area contributed by atoms with Gasteiger partial charge in [-0.15, -0.1) is 0 Å². The quantitative estimate of drug-likeness (QED) is 0.295. The minimum Gasteiger partial charge on any atom is -0.305 e. The number of amides is 1. The van der Waals surface area contributed by atoms with Crippen molar-refractivity contribution >= 4 is 23.5 Å². The molecule has 30 heavy (non-hydrogen) atoms. The lowest BCUT2D eigenvalue weighted by Crippen LogP contribution is -2.25. The molecule has 0 atom stereocenters. The Morgan fingerprint density at radius 2 is 1.67 bits per heavy atom. The van der Waals surface area contributed by atoms with E-state index in [-0.39, 0.29) is 0 Å². The van der Waals surface area contributed by atoms with Gasteiger partial charge in [0.1, 0.15) is 0 Å². The second-order valence-electron chi connectivity index (χ2n) is 6.61. The zero-order valence-corrected chi connectivity index (χ0v) is 19.0. The van der Waals surface area contributed by atoms with Gasteiger partial charge in [-0.2, -0.15) is 0 Å². The van der Waals surface area contributed by atoms with Gasteiger partial charge in [0, 0.05) is 10.6 Å². The molecule has 1 amide bonds. The smallest absolute Gasteiger partial charge is 0.276 e. The summed E-state index contributed by atoms with van der Waals surface area (Å²) >= 11 is 1.54. The summed E-state index contributed by atoms with van der Waals surface area (Å²) < 4.78 is 2.05. The maximum absolute atomic E-state index is 12.4. The third kappa shape index (κ3) is 6.08. The van der Waals surface area contributed by atoms with E-state index in [1.807, 2.05) is 69.3 Å². The number of hydroxylamine groups is 1. The molecule has 0 aliphatic carbocycles. The molecule has 0 saturated carbocycles. The average Bonchev–Trinajstić information content (AvgIpc) is 2.76. The van der Waals surface area contributed by atoms with E-state index in [0.29, 0.717) is 17.8 Å². The Kier molecular flexibility index (Phi) is 8.89. The molecule has 0 aliphatic rings. The first kappa shape index (κ1) is 23.4. The van der Waals surface area contributed by atoms with Gasteiger partial charge in [0.2, 0.25) is 0 Å². The average molecular weight is 424 g/mol. The monoisotopic (exact) mass is 423 g/mol. The number of anilines is 1. The van der Waals surface area contributed by atoms with Gasteiger partial charge in [-0.05, 0) is 56.5 Å². The summed E-state index contributed by atoms with van der Waals surface area (Å²) in [6.07, 6.45) is 0. The van der Waals surface area contributed by atoms with Gasteiger partial charge in [0.05, 0.1) is 23.5 Å². The standard InChI is InChI=1S/C22H23N3O2S.C2H6/c1-15-9-11-19(12-10-15)28-25(14-18-7-5-4-6-8-18)21-17(3)23-16(2)13-20(21)22(26)24-27;1-2/h4-13,27H,14H2,1-3H3,(H,24,26);1-2H3. The largest absolute Gasteiger partial charge is 0.305 e. The molecule has 158 valence electrons. The van der Waals surface area contributed by atoms with Crippen LogP contribution in [0.1, 0.15) is 46.7 Å². The van der Waals surface area contributed by atoms with E-state index < -0.39 is 5.91 Å². The number of aryl methyl sites for hydroxylation is 3. The third-order valence-electron chi connectivity index (χ3n) is 4.30. The van der Waals surface area contributed by atoms with E-state index in [9.17, 15) is 10.0 Å². The molecule has 2 N–H and O–H groups in total. The van der Waals surface area contributed by atoms with E-state index in [1.54, 1.807) is 11.5 Å². The van der Waals surface area contributed by atoms with Crippen LogP contribution in [-0.2, 0) is 6.54 Å². The Bertz CT molecular complexity index is 960. The highest BCUT2D eigenvalue weighted by atomic mass is 32.2. The van der Waals surface area contributed by atoms with Crippen molar-refractivity contribution in [3.63, 3.8) is 0 Å². The molecule has 3 aromatic rings. The van der Waals surface area contributed by atoms with E-state index in [4.69, 9.17) is 0 Å². The van der Waals surface area contributed by atoms with E-state index in [0.717, 1.165) is 21.8 Å². The lowest BCUT2D eigenvalue weighted by atomic mass is 10.1. The Morgan fingerprint density at radius 3 is 2.27 bits per heavy atom. The number of hydrogen-bond donors (Lipinski definition) is 2. The number of carbonyl (C=O) groups is 1. The SMILES string of the molecule is CC.Cc1ccc(SN(Cc2ccccc2)c2c(C(=O)NO)cc(C)nc2C)cc1. The summed E-state index contributed by atoms with van der Waals surface area (Å²) in [4.78, 5) is 18.0. The van der Waals surface area contributed by atoms with Gasteiger partial charge in [0.15, 0.2) is 0 Å². The van der Waals surface area contributed by atoms with Gasteiger partial charge in [-0.1, -0.05) is 61.9 Å². The number of benzene rings is 2. The van der Waals surface area contributed by atoms with Crippen LogP contribution in [0.2, 0.25) is 0 Å². The van der Waals surface area contributed by atoms with Crippen LogP contribution in [-0.4, -0.2) is 16.1 Å². The molecule has 6 heteroatoms. The number of nitrogens with zero attached hydrogens (tertiary/aromatic N) is 2. The van der Waals surface area contributed by atoms with Crippen LogP contribution < -0.4 is 9.79 Å². The first-order chi connectivity index (χ1) is 14.5. The lowest BCUT2D eigenvalue weighted by Gasteiger charge is -2.27. The van der Waals surface area contributed by atoms with Crippen LogP contribution in [0.3, 0.4) is 0 Å². The zero-order valence-electron chi connectivity index (χ0n) is 18.1. The van der Waals surface area contributed by atoms with E-state index in [2.05, 4.69) is 29.2 Å². The van der Waals surface area contributed by atoms with Crippen molar-refractivity contribution in [3.8, 4) is 0 Å². The molecule has 0 fully saturated rings. The summed E-state index contributed by atoms with van der Waals surface area (Å²) in [5.41, 5.74) is 6.59. The summed E-state index contributed by atoms with van der Waals surface area (Å²) in [6.45, 7) is 10.3. The second kappa shape index (κ2) is 11.4. The predicted octanol–water partition coefficient (Wildman–Crippen LogP) is 5.87. The number of hydrogen-bond acceptors (Lipinski definition) is 5. The highest BCUT2D eigenvalue weighted by molar-refractivity contribution is 8.00. The lowest BCUT2D eigenvalue weighted by molar-refractivity contribution is 0.0706. The molecule has 5 nitrogen and oxygen atoms in total. The molecule has 0 spiro atoms. The van der Waals surface area contributed by atoms with E-state index in [1.165, 1.54) is 17.5 Å². The Balaban J connectivity index is 0.00000155. The number of nitrogens with one attached hydrogen (secondary N) is 1. The zero-order chi connectivity index (χ0) is 22.1. The molecule has 3 rings (SSSR count). The first-order valence-electron chi connectivity index (χ1n) is 9.96. The first-order valence-corrected chi connectivity index (χ1v) is 10.7. The molecule has 0 aliphatic heterocycles. The van der Waals surface area contributed by atoms with Crippen molar-refractivity contribution in [2.75, 3.05) is 4.31 Å². The Hall–Kier alpha value is -2.83. The third-order valence-corrected chi connectivity index (χ3v) is 5.31. The molecule has 0 saturated heterocycles. The summed E-state index contributed by atoms with van der Waals surface area (Å²) in [7, 11) is 0. The minimum absolute atomic E-state index is 0.392. The minimum atomic E-state index is -0.550. The molecule has 1 aromatic heterocycles. The maximum Gasteiger partial charge on any atom is 0.276 e. The van der Waals surface area contributed by atoms with Crippen LogP contribution in [0.5, 0.6) is 0 Å². The number of pyridine rings is 1. The number of carbonyl (C=O) groups excluding carboxylic acids is 1. The Morgan fingerprint density at radius 1 is 1.03 bits per heavy atom.